The van der Waals surface area contributed by atoms with Crippen LogP contribution in [-0.2, 0) is 0 Å². The van der Waals surface area contributed by atoms with Gasteiger partial charge in [0.25, 0.3) is 5.91 Å². The fourth-order valence-corrected chi connectivity index (χ4v) is 2.44. The average molecular weight is 327 g/mol. The second-order valence-corrected chi connectivity index (χ2v) is 5.44. The quantitative estimate of drug-likeness (QED) is 0.784. The molecule has 0 aliphatic carbocycles. The summed E-state index contributed by atoms with van der Waals surface area (Å²) in [6.07, 6.45) is 6.91. The summed E-state index contributed by atoms with van der Waals surface area (Å²) >= 11 is 5.95. The number of carbonyl (C=O) groups is 1. The molecule has 5 nitrogen and oxygen atoms in total. The van der Waals surface area contributed by atoms with Gasteiger partial charge in [-0.1, -0.05) is 29.8 Å². The molecule has 1 atom stereocenters. The number of hydrogen-bond acceptors (Lipinski definition) is 3. The van der Waals surface area contributed by atoms with Crippen LogP contribution < -0.4 is 5.32 Å². The zero-order valence-electron chi connectivity index (χ0n) is 12.3. The van der Waals surface area contributed by atoms with Crippen molar-refractivity contribution in [3.63, 3.8) is 0 Å². The van der Waals surface area contributed by atoms with E-state index in [0.29, 0.717) is 17.3 Å². The Morgan fingerprint density at radius 2 is 2.00 bits per heavy atom. The van der Waals surface area contributed by atoms with Crippen molar-refractivity contribution in [1.29, 1.82) is 0 Å². The van der Waals surface area contributed by atoms with E-state index in [9.17, 15) is 4.79 Å². The second kappa shape index (κ2) is 7.07. The van der Waals surface area contributed by atoms with Gasteiger partial charge in [0.2, 0.25) is 0 Å². The summed E-state index contributed by atoms with van der Waals surface area (Å²) in [5.74, 6) is -0.204. The largest absolute Gasteiger partial charge is 0.348 e. The third-order valence-electron chi connectivity index (χ3n) is 3.49. The Hall–Kier alpha value is -2.66. The lowest BCUT2D eigenvalue weighted by Gasteiger charge is -2.19. The van der Waals surface area contributed by atoms with Crippen molar-refractivity contribution in [2.75, 3.05) is 6.54 Å². The monoisotopic (exact) mass is 326 g/mol. The number of nitrogens with one attached hydrogen (secondary N) is 1. The molecule has 0 bridgehead atoms. The lowest BCUT2D eigenvalue weighted by atomic mass is 10.1. The highest BCUT2D eigenvalue weighted by Crippen LogP contribution is 2.20. The number of hydrogen-bond donors (Lipinski definition) is 1. The molecule has 0 saturated heterocycles. The van der Waals surface area contributed by atoms with Gasteiger partial charge in [-0.05, 0) is 29.8 Å². The number of aromatic nitrogens is 3. The van der Waals surface area contributed by atoms with Crippen LogP contribution in [0.3, 0.4) is 0 Å². The lowest BCUT2D eigenvalue weighted by Crippen LogP contribution is -2.31. The Morgan fingerprint density at radius 3 is 2.65 bits per heavy atom. The SMILES string of the molecule is O=C(NCC(c1ccc(Cl)cc1)n1ccnc1)c1ccccn1. The van der Waals surface area contributed by atoms with Gasteiger partial charge in [0, 0.05) is 30.2 Å². The molecule has 3 rings (SSSR count). The molecular formula is C17H15ClN4O. The van der Waals surface area contributed by atoms with Gasteiger partial charge in [-0.25, -0.2) is 4.98 Å². The first kappa shape index (κ1) is 15.2. The van der Waals surface area contributed by atoms with Crippen LogP contribution in [0.1, 0.15) is 22.1 Å². The van der Waals surface area contributed by atoms with Gasteiger partial charge in [-0.2, -0.15) is 0 Å². The average Bonchev–Trinajstić information content (AvgIpc) is 3.11. The van der Waals surface area contributed by atoms with Crippen LogP contribution in [0.5, 0.6) is 0 Å². The van der Waals surface area contributed by atoms with Gasteiger partial charge < -0.3 is 9.88 Å². The third-order valence-corrected chi connectivity index (χ3v) is 3.75. The maximum atomic E-state index is 12.2. The smallest absolute Gasteiger partial charge is 0.269 e. The Kier molecular flexibility index (Phi) is 4.68. The molecule has 1 N–H and O–H groups in total. The molecule has 0 saturated carbocycles. The molecule has 23 heavy (non-hydrogen) atoms. The minimum Gasteiger partial charge on any atom is -0.348 e. The van der Waals surface area contributed by atoms with Crippen LogP contribution in [0, 0.1) is 0 Å². The second-order valence-electron chi connectivity index (χ2n) is 5.00. The molecule has 116 valence electrons. The summed E-state index contributed by atoms with van der Waals surface area (Å²) < 4.78 is 1.95. The first-order valence-electron chi connectivity index (χ1n) is 7.16. The van der Waals surface area contributed by atoms with Crippen LogP contribution >= 0.6 is 11.6 Å². The first-order valence-corrected chi connectivity index (χ1v) is 7.54. The third kappa shape index (κ3) is 3.76. The van der Waals surface area contributed by atoms with E-state index in [1.54, 1.807) is 36.9 Å². The van der Waals surface area contributed by atoms with Crippen LogP contribution in [-0.4, -0.2) is 27.0 Å². The molecule has 1 unspecified atom stereocenters. The van der Waals surface area contributed by atoms with E-state index < -0.39 is 0 Å². The molecule has 0 radical (unpaired) electrons. The Bertz CT molecular complexity index is 757. The topological polar surface area (TPSA) is 59.8 Å². The summed E-state index contributed by atoms with van der Waals surface area (Å²) in [7, 11) is 0. The summed E-state index contributed by atoms with van der Waals surface area (Å²) in [5.41, 5.74) is 1.43. The first-order chi connectivity index (χ1) is 11.2. The number of benzene rings is 1. The highest BCUT2D eigenvalue weighted by molar-refractivity contribution is 6.30. The number of imidazole rings is 1. The van der Waals surface area contributed by atoms with Crippen LogP contribution in [0.4, 0.5) is 0 Å². The standard InChI is InChI=1S/C17H15ClN4O/c18-14-6-4-13(5-7-14)16(22-10-9-19-12-22)11-21-17(23)15-3-1-2-8-20-15/h1-10,12,16H,11H2,(H,21,23). The summed E-state index contributed by atoms with van der Waals surface area (Å²) in [5, 5.41) is 3.59. The Balaban J connectivity index is 1.77. The summed E-state index contributed by atoms with van der Waals surface area (Å²) in [6, 6.07) is 12.7. The number of carbonyl (C=O) groups excluding carboxylic acids is 1. The predicted molar refractivity (Wildman–Crippen MR) is 88.4 cm³/mol. The normalized spacial score (nSPS) is 11.9. The van der Waals surface area contributed by atoms with Crippen molar-refractivity contribution in [2.24, 2.45) is 0 Å². The van der Waals surface area contributed by atoms with Gasteiger partial charge >= 0.3 is 0 Å². The molecule has 0 aliphatic heterocycles. The number of rotatable bonds is 5. The molecule has 2 aromatic heterocycles. The maximum absolute atomic E-state index is 12.2. The number of amides is 1. The van der Waals surface area contributed by atoms with E-state index in [0.717, 1.165) is 5.56 Å². The fourth-order valence-electron chi connectivity index (χ4n) is 2.31. The van der Waals surface area contributed by atoms with Crippen LogP contribution in [0.15, 0.2) is 67.4 Å². The van der Waals surface area contributed by atoms with E-state index in [4.69, 9.17) is 11.6 Å². The molecule has 3 aromatic rings. The minimum atomic E-state index is -0.204. The van der Waals surface area contributed by atoms with Crippen molar-refractivity contribution in [3.8, 4) is 0 Å². The summed E-state index contributed by atoms with van der Waals surface area (Å²) in [6.45, 7) is 0.424. The van der Waals surface area contributed by atoms with Crippen LogP contribution in [0.25, 0.3) is 0 Å². The summed E-state index contributed by atoms with van der Waals surface area (Å²) in [4.78, 5) is 20.3. The highest BCUT2D eigenvalue weighted by Gasteiger charge is 2.15. The van der Waals surface area contributed by atoms with Crippen molar-refractivity contribution in [3.05, 3.63) is 83.7 Å². The van der Waals surface area contributed by atoms with Crippen molar-refractivity contribution in [1.82, 2.24) is 19.9 Å². The van der Waals surface area contributed by atoms with E-state index in [-0.39, 0.29) is 11.9 Å². The lowest BCUT2D eigenvalue weighted by molar-refractivity contribution is 0.0945. The van der Waals surface area contributed by atoms with Gasteiger partial charge in [-0.15, -0.1) is 0 Å². The van der Waals surface area contributed by atoms with E-state index in [1.807, 2.05) is 35.0 Å². The van der Waals surface area contributed by atoms with Crippen molar-refractivity contribution >= 4 is 17.5 Å². The molecule has 1 aromatic carbocycles. The van der Waals surface area contributed by atoms with Gasteiger partial charge in [-0.3, -0.25) is 9.78 Å². The Morgan fingerprint density at radius 1 is 1.17 bits per heavy atom. The number of pyridine rings is 1. The zero-order chi connectivity index (χ0) is 16.1. The molecule has 6 heteroatoms. The van der Waals surface area contributed by atoms with Crippen LogP contribution in [0.2, 0.25) is 5.02 Å². The minimum absolute atomic E-state index is 0.0672. The fraction of sp³-hybridized carbons (Fsp3) is 0.118. The van der Waals surface area contributed by atoms with E-state index in [2.05, 4.69) is 15.3 Å². The Labute approximate surface area is 139 Å². The predicted octanol–water partition coefficient (Wildman–Crippen LogP) is 2.95. The number of halogens is 1. The van der Waals surface area contributed by atoms with Gasteiger partial charge in [0.15, 0.2) is 0 Å². The van der Waals surface area contributed by atoms with E-state index in [1.165, 1.54) is 0 Å². The zero-order valence-corrected chi connectivity index (χ0v) is 13.0. The molecular weight excluding hydrogens is 312 g/mol. The maximum Gasteiger partial charge on any atom is 0.269 e. The van der Waals surface area contributed by atoms with Crippen molar-refractivity contribution < 1.29 is 4.79 Å². The van der Waals surface area contributed by atoms with Crippen molar-refractivity contribution in [2.45, 2.75) is 6.04 Å². The highest BCUT2D eigenvalue weighted by atomic mass is 35.5. The molecule has 0 fully saturated rings. The number of nitrogens with zero attached hydrogens (tertiary/aromatic N) is 3. The van der Waals surface area contributed by atoms with Gasteiger partial charge in [0.1, 0.15) is 5.69 Å². The molecule has 0 spiro atoms. The molecule has 1 amide bonds. The molecule has 0 aliphatic rings. The van der Waals surface area contributed by atoms with Gasteiger partial charge in [0.05, 0.1) is 12.4 Å². The molecule has 2 heterocycles. The van der Waals surface area contributed by atoms with E-state index >= 15 is 0 Å².